The molecule has 0 atom stereocenters. The molecule has 2 aromatic carbocycles. The minimum atomic E-state index is -4.62. The Bertz CT molecular complexity index is 1060. The van der Waals surface area contributed by atoms with E-state index in [2.05, 4.69) is 10.2 Å². The van der Waals surface area contributed by atoms with E-state index in [0.29, 0.717) is 13.1 Å². The first-order valence-corrected chi connectivity index (χ1v) is 11.0. The number of hydrogen-bond donors (Lipinski definition) is 1. The molecule has 35 heavy (non-hydrogen) atoms. The Morgan fingerprint density at radius 1 is 1.14 bits per heavy atom. The largest absolute Gasteiger partial charge is 0.487 e. The van der Waals surface area contributed by atoms with Crippen molar-refractivity contribution in [3.8, 4) is 5.75 Å². The highest BCUT2D eigenvalue weighted by Crippen LogP contribution is 2.35. The summed E-state index contributed by atoms with van der Waals surface area (Å²) >= 11 is 0. The molecule has 0 spiro atoms. The van der Waals surface area contributed by atoms with Crippen molar-refractivity contribution in [1.29, 1.82) is 0 Å². The minimum absolute atomic E-state index is 0.0474. The molecule has 1 fully saturated rings. The SMILES string of the molecule is CN1CCN(Cc2ccc(NC(=O)c3ccc(OCCCF)c([N+](=O)[O-])c3)cc2C(F)(F)F)CC1. The molecule has 1 aliphatic rings. The quantitative estimate of drug-likeness (QED) is 0.239. The van der Waals surface area contributed by atoms with Crippen molar-refractivity contribution in [2.24, 2.45) is 0 Å². The molecule has 190 valence electrons. The number of nitro groups is 1. The topological polar surface area (TPSA) is 88.0 Å². The van der Waals surface area contributed by atoms with Gasteiger partial charge in [0.2, 0.25) is 0 Å². The maximum atomic E-state index is 13.8. The van der Waals surface area contributed by atoms with Crippen molar-refractivity contribution in [3.63, 3.8) is 0 Å². The molecule has 3 rings (SSSR count). The Kier molecular flexibility index (Phi) is 8.62. The van der Waals surface area contributed by atoms with Crippen LogP contribution >= 0.6 is 0 Å². The predicted octanol–water partition coefficient (Wildman–Crippen LogP) is 4.35. The predicted molar refractivity (Wildman–Crippen MR) is 121 cm³/mol. The molecule has 0 saturated carbocycles. The van der Waals surface area contributed by atoms with E-state index in [1.54, 1.807) is 0 Å². The standard InChI is InChI=1S/C23H26F4N4O4/c1-29-8-10-30(11-9-29)15-17-3-5-18(14-19(17)23(25,26)27)28-22(32)16-4-6-21(35-12-2-7-24)20(13-16)31(33)34/h3-6,13-14H,2,7-12,15H2,1H3,(H,28,32). The molecule has 0 aliphatic carbocycles. The van der Waals surface area contributed by atoms with E-state index in [1.807, 2.05) is 11.9 Å². The first-order chi connectivity index (χ1) is 16.6. The van der Waals surface area contributed by atoms with Gasteiger partial charge >= 0.3 is 11.9 Å². The Hall–Kier alpha value is -3.25. The third-order valence-corrected chi connectivity index (χ3v) is 5.62. The summed E-state index contributed by atoms with van der Waals surface area (Å²) in [6.07, 6.45) is -4.58. The normalized spacial score (nSPS) is 15.1. The lowest BCUT2D eigenvalue weighted by atomic mass is 10.0. The number of alkyl halides is 4. The number of likely N-dealkylation sites (N-methyl/N-ethyl adjacent to an activating group) is 1. The van der Waals surface area contributed by atoms with Gasteiger partial charge in [0, 0.05) is 56.5 Å². The molecule has 1 heterocycles. The van der Waals surface area contributed by atoms with E-state index in [4.69, 9.17) is 4.74 Å². The summed E-state index contributed by atoms with van der Waals surface area (Å²) in [5.41, 5.74) is -1.47. The second-order valence-electron chi connectivity index (χ2n) is 8.23. The van der Waals surface area contributed by atoms with Gasteiger partial charge in [-0.1, -0.05) is 6.07 Å². The zero-order chi connectivity index (χ0) is 25.6. The minimum Gasteiger partial charge on any atom is -0.487 e. The lowest BCUT2D eigenvalue weighted by Gasteiger charge is -2.33. The summed E-state index contributed by atoms with van der Waals surface area (Å²) in [7, 11) is 1.96. The monoisotopic (exact) mass is 498 g/mol. The van der Waals surface area contributed by atoms with Gasteiger partial charge < -0.3 is 15.0 Å². The second-order valence-corrected chi connectivity index (χ2v) is 8.23. The van der Waals surface area contributed by atoms with E-state index in [0.717, 1.165) is 25.2 Å². The number of benzene rings is 2. The van der Waals surface area contributed by atoms with Crippen LogP contribution in [0.1, 0.15) is 27.9 Å². The number of carbonyl (C=O) groups excluding carboxylic acids is 1. The van der Waals surface area contributed by atoms with Gasteiger partial charge in [-0.05, 0) is 36.9 Å². The summed E-state index contributed by atoms with van der Waals surface area (Å²) < 4.78 is 58.7. The fourth-order valence-electron chi connectivity index (χ4n) is 3.67. The lowest BCUT2D eigenvalue weighted by Crippen LogP contribution is -2.44. The number of nitrogens with zero attached hydrogens (tertiary/aromatic N) is 3. The number of carbonyl (C=O) groups is 1. The van der Waals surface area contributed by atoms with Gasteiger partial charge in [0.15, 0.2) is 5.75 Å². The molecular weight excluding hydrogens is 472 g/mol. The van der Waals surface area contributed by atoms with E-state index in [1.165, 1.54) is 24.3 Å². The molecule has 1 N–H and O–H groups in total. The van der Waals surface area contributed by atoms with Crippen LogP contribution in [-0.4, -0.2) is 67.1 Å². The maximum Gasteiger partial charge on any atom is 0.416 e. The van der Waals surface area contributed by atoms with Crippen LogP contribution in [0.4, 0.5) is 28.9 Å². The second kappa shape index (κ2) is 11.5. The Balaban J connectivity index is 1.78. The summed E-state index contributed by atoms with van der Waals surface area (Å²) in [5, 5.41) is 13.7. The Morgan fingerprint density at radius 2 is 1.86 bits per heavy atom. The van der Waals surface area contributed by atoms with E-state index >= 15 is 0 Å². The van der Waals surface area contributed by atoms with E-state index < -0.39 is 34.9 Å². The van der Waals surface area contributed by atoms with Crippen LogP contribution in [0.2, 0.25) is 0 Å². The van der Waals surface area contributed by atoms with Crippen molar-refractivity contribution in [2.45, 2.75) is 19.1 Å². The number of halogens is 4. The van der Waals surface area contributed by atoms with Crippen LogP contribution in [0, 0.1) is 10.1 Å². The number of amides is 1. The molecule has 1 saturated heterocycles. The van der Waals surface area contributed by atoms with Crippen LogP contribution in [0.25, 0.3) is 0 Å². The van der Waals surface area contributed by atoms with Crippen molar-refractivity contribution in [1.82, 2.24) is 9.80 Å². The summed E-state index contributed by atoms with van der Waals surface area (Å²) in [6.45, 7) is 2.23. The van der Waals surface area contributed by atoms with E-state index in [9.17, 15) is 32.5 Å². The number of piperazine rings is 1. The number of nitro benzene ring substituents is 1. The molecule has 0 bridgehead atoms. The van der Waals surface area contributed by atoms with Crippen molar-refractivity contribution in [3.05, 3.63) is 63.2 Å². The van der Waals surface area contributed by atoms with Crippen molar-refractivity contribution in [2.75, 3.05) is 51.8 Å². The molecule has 1 aliphatic heterocycles. The van der Waals surface area contributed by atoms with Crippen LogP contribution in [0.15, 0.2) is 36.4 Å². The van der Waals surface area contributed by atoms with Gasteiger partial charge in [0.05, 0.1) is 23.8 Å². The number of nitrogens with one attached hydrogen (secondary N) is 1. The zero-order valence-electron chi connectivity index (χ0n) is 19.1. The summed E-state index contributed by atoms with van der Waals surface area (Å²) in [6, 6.07) is 6.99. The molecule has 0 unspecified atom stereocenters. The van der Waals surface area contributed by atoms with Crippen molar-refractivity contribution < 1.29 is 32.0 Å². The number of rotatable bonds is 9. The van der Waals surface area contributed by atoms with Gasteiger partial charge in [0.1, 0.15) is 0 Å². The van der Waals surface area contributed by atoms with E-state index in [-0.39, 0.29) is 42.1 Å². The first kappa shape index (κ1) is 26.4. The van der Waals surface area contributed by atoms with Gasteiger partial charge in [-0.25, -0.2) is 0 Å². The average Bonchev–Trinajstić information content (AvgIpc) is 2.81. The van der Waals surface area contributed by atoms with Crippen LogP contribution in [0.3, 0.4) is 0 Å². The molecule has 2 aromatic rings. The first-order valence-electron chi connectivity index (χ1n) is 11.0. The fourth-order valence-corrected chi connectivity index (χ4v) is 3.67. The van der Waals surface area contributed by atoms with Crippen LogP contribution in [0.5, 0.6) is 5.75 Å². The number of anilines is 1. The van der Waals surface area contributed by atoms with Gasteiger partial charge in [0.25, 0.3) is 5.91 Å². The zero-order valence-corrected chi connectivity index (χ0v) is 19.1. The summed E-state index contributed by atoms with van der Waals surface area (Å²) in [4.78, 5) is 27.3. The van der Waals surface area contributed by atoms with Gasteiger partial charge in [-0.2, -0.15) is 13.2 Å². The highest BCUT2D eigenvalue weighted by atomic mass is 19.4. The smallest absolute Gasteiger partial charge is 0.416 e. The summed E-state index contributed by atoms with van der Waals surface area (Å²) in [5.74, 6) is -0.948. The van der Waals surface area contributed by atoms with Gasteiger partial charge in [-0.15, -0.1) is 0 Å². The number of hydrogen-bond acceptors (Lipinski definition) is 6. The lowest BCUT2D eigenvalue weighted by molar-refractivity contribution is -0.385. The Morgan fingerprint density at radius 3 is 2.49 bits per heavy atom. The van der Waals surface area contributed by atoms with Crippen LogP contribution < -0.4 is 10.1 Å². The highest BCUT2D eigenvalue weighted by Gasteiger charge is 2.34. The third kappa shape index (κ3) is 7.12. The molecule has 12 heteroatoms. The molecule has 0 radical (unpaired) electrons. The fraction of sp³-hybridized carbons (Fsp3) is 0.435. The molecule has 0 aromatic heterocycles. The highest BCUT2D eigenvalue weighted by molar-refractivity contribution is 6.04. The van der Waals surface area contributed by atoms with Crippen molar-refractivity contribution >= 4 is 17.3 Å². The molecule has 1 amide bonds. The molecule has 8 nitrogen and oxygen atoms in total. The van der Waals surface area contributed by atoms with Crippen LogP contribution in [-0.2, 0) is 12.7 Å². The Labute approximate surface area is 199 Å². The van der Waals surface area contributed by atoms with Gasteiger partial charge in [-0.3, -0.25) is 24.2 Å². The molecular formula is C23H26F4N4O4. The average molecular weight is 498 g/mol. The number of ether oxygens (including phenoxy) is 1. The maximum absolute atomic E-state index is 13.8. The third-order valence-electron chi connectivity index (χ3n) is 5.62.